The minimum Gasteiger partial charge on any atom is -0.485 e. The lowest BCUT2D eigenvalue weighted by atomic mass is 10.1. The van der Waals surface area contributed by atoms with E-state index in [1.165, 1.54) is 11.8 Å². The van der Waals surface area contributed by atoms with Gasteiger partial charge in [0.2, 0.25) is 5.91 Å². The van der Waals surface area contributed by atoms with Gasteiger partial charge >= 0.3 is 0 Å². The van der Waals surface area contributed by atoms with E-state index < -0.39 is 0 Å². The number of para-hydroxylation sites is 1. The number of amides is 1. The molecule has 1 N–H and O–H groups in total. The van der Waals surface area contributed by atoms with Gasteiger partial charge in [0, 0.05) is 26.3 Å². The number of hydrogen-bond acceptors (Lipinski definition) is 6. The van der Waals surface area contributed by atoms with Crippen molar-refractivity contribution in [1.82, 2.24) is 20.1 Å². The molecule has 0 bridgehead atoms. The van der Waals surface area contributed by atoms with Crippen molar-refractivity contribution in [2.24, 2.45) is 0 Å². The molecule has 2 aromatic carbocycles. The quantitative estimate of drug-likeness (QED) is 0.516. The largest absolute Gasteiger partial charge is 0.485 e. The lowest BCUT2D eigenvalue weighted by Crippen LogP contribution is -2.20. The van der Waals surface area contributed by atoms with Crippen LogP contribution in [0.25, 0.3) is 11.1 Å². The van der Waals surface area contributed by atoms with Gasteiger partial charge in [-0.15, -0.1) is 10.2 Å². The summed E-state index contributed by atoms with van der Waals surface area (Å²) in [5.74, 6) is 1.68. The number of thioether (sulfide) groups is 1. The van der Waals surface area contributed by atoms with Crippen molar-refractivity contribution in [1.29, 1.82) is 0 Å². The molecule has 0 radical (unpaired) electrons. The number of aromatic nitrogens is 3. The Morgan fingerprint density at radius 3 is 2.62 bits per heavy atom. The van der Waals surface area contributed by atoms with E-state index in [2.05, 4.69) is 27.6 Å². The van der Waals surface area contributed by atoms with Crippen LogP contribution >= 0.6 is 11.8 Å². The Hall–Kier alpha value is -2.84. The molecule has 3 rings (SSSR count). The van der Waals surface area contributed by atoms with Crippen molar-refractivity contribution in [3.05, 3.63) is 60.4 Å². The second-order valence-electron chi connectivity index (χ2n) is 6.16. The van der Waals surface area contributed by atoms with Gasteiger partial charge in [-0.2, -0.15) is 0 Å². The molecule has 0 aliphatic heterocycles. The SMILES string of the molecule is CNC(=O)CSc1nnc(COc2ccccc2-c2ccccc2)n1CCOC. The zero-order chi connectivity index (χ0) is 20.5. The van der Waals surface area contributed by atoms with Gasteiger partial charge in [0.1, 0.15) is 12.4 Å². The van der Waals surface area contributed by atoms with Crippen LogP contribution in [0.2, 0.25) is 0 Å². The Bertz CT molecular complexity index is 931. The van der Waals surface area contributed by atoms with E-state index in [0.29, 0.717) is 24.1 Å². The minimum absolute atomic E-state index is 0.0640. The van der Waals surface area contributed by atoms with E-state index in [4.69, 9.17) is 9.47 Å². The third-order valence-corrected chi connectivity index (χ3v) is 5.22. The van der Waals surface area contributed by atoms with Crippen LogP contribution in [0.3, 0.4) is 0 Å². The van der Waals surface area contributed by atoms with E-state index in [9.17, 15) is 4.79 Å². The second kappa shape index (κ2) is 10.6. The normalized spacial score (nSPS) is 10.7. The minimum atomic E-state index is -0.0640. The molecule has 1 heterocycles. The second-order valence-corrected chi connectivity index (χ2v) is 7.10. The highest BCUT2D eigenvalue weighted by molar-refractivity contribution is 7.99. The number of methoxy groups -OCH3 is 1. The first-order valence-corrected chi connectivity index (χ1v) is 10.2. The topological polar surface area (TPSA) is 78.3 Å². The Morgan fingerprint density at radius 2 is 1.86 bits per heavy atom. The number of benzene rings is 2. The molecule has 152 valence electrons. The number of carbonyl (C=O) groups excluding carboxylic acids is 1. The number of nitrogens with zero attached hydrogens (tertiary/aromatic N) is 3. The summed E-state index contributed by atoms with van der Waals surface area (Å²) in [5, 5.41) is 11.8. The van der Waals surface area contributed by atoms with Gasteiger partial charge in [0.15, 0.2) is 11.0 Å². The first-order valence-electron chi connectivity index (χ1n) is 9.24. The summed E-state index contributed by atoms with van der Waals surface area (Å²) in [4.78, 5) is 11.6. The van der Waals surface area contributed by atoms with E-state index >= 15 is 0 Å². The standard InChI is InChI=1S/C21H24N4O3S/c1-22-20(26)15-29-21-24-23-19(25(21)12-13-27-2)14-28-18-11-7-6-10-17(18)16-8-4-3-5-9-16/h3-11H,12-15H2,1-2H3,(H,22,26). The molecule has 0 aliphatic rings. The average Bonchev–Trinajstić information content (AvgIpc) is 3.16. The van der Waals surface area contributed by atoms with Crippen molar-refractivity contribution in [2.45, 2.75) is 18.3 Å². The van der Waals surface area contributed by atoms with Gasteiger partial charge in [-0.1, -0.05) is 60.3 Å². The van der Waals surface area contributed by atoms with Gasteiger partial charge in [-0.25, -0.2) is 0 Å². The number of hydrogen-bond donors (Lipinski definition) is 1. The summed E-state index contributed by atoms with van der Waals surface area (Å²) in [5.41, 5.74) is 2.11. The first-order chi connectivity index (χ1) is 14.2. The highest BCUT2D eigenvalue weighted by atomic mass is 32.2. The van der Waals surface area contributed by atoms with Crippen LogP contribution in [0.15, 0.2) is 59.8 Å². The summed E-state index contributed by atoms with van der Waals surface area (Å²) < 4.78 is 13.2. The maximum Gasteiger partial charge on any atom is 0.230 e. The van der Waals surface area contributed by atoms with Crippen molar-refractivity contribution < 1.29 is 14.3 Å². The monoisotopic (exact) mass is 412 g/mol. The maximum absolute atomic E-state index is 11.6. The van der Waals surface area contributed by atoms with E-state index in [1.807, 2.05) is 47.0 Å². The van der Waals surface area contributed by atoms with Crippen LogP contribution in [-0.4, -0.2) is 47.2 Å². The van der Waals surface area contributed by atoms with E-state index in [-0.39, 0.29) is 18.3 Å². The molecule has 0 unspecified atom stereocenters. The predicted molar refractivity (Wildman–Crippen MR) is 113 cm³/mol. The molecule has 29 heavy (non-hydrogen) atoms. The van der Waals surface area contributed by atoms with Crippen molar-refractivity contribution in [3.8, 4) is 16.9 Å². The molecule has 0 saturated heterocycles. The van der Waals surface area contributed by atoms with E-state index in [0.717, 1.165) is 16.9 Å². The maximum atomic E-state index is 11.6. The summed E-state index contributed by atoms with van der Waals surface area (Å²) in [7, 11) is 3.26. The predicted octanol–water partition coefficient (Wildman–Crippen LogP) is 3.01. The van der Waals surface area contributed by atoms with Gasteiger partial charge in [-0.3, -0.25) is 4.79 Å². The van der Waals surface area contributed by atoms with Gasteiger partial charge < -0.3 is 19.4 Å². The molecule has 1 amide bonds. The summed E-state index contributed by atoms with van der Waals surface area (Å²) >= 11 is 1.34. The Labute approximate surface area is 174 Å². The number of rotatable bonds is 10. The highest BCUT2D eigenvalue weighted by Gasteiger charge is 2.15. The Morgan fingerprint density at radius 1 is 1.10 bits per heavy atom. The van der Waals surface area contributed by atoms with Crippen LogP contribution in [0.4, 0.5) is 0 Å². The van der Waals surface area contributed by atoms with Crippen molar-refractivity contribution in [3.63, 3.8) is 0 Å². The van der Waals surface area contributed by atoms with E-state index in [1.54, 1.807) is 14.2 Å². The van der Waals surface area contributed by atoms with Crippen LogP contribution in [0.1, 0.15) is 5.82 Å². The molecule has 0 spiro atoms. The molecule has 8 heteroatoms. The zero-order valence-corrected chi connectivity index (χ0v) is 17.3. The first kappa shape index (κ1) is 20.9. The lowest BCUT2D eigenvalue weighted by molar-refractivity contribution is -0.118. The lowest BCUT2D eigenvalue weighted by Gasteiger charge is -2.13. The fourth-order valence-corrected chi connectivity index (χ4v) is 3.59. The van der Waals surface area contributed by atoms with Crippen LogP contribution in [-0.2, 0) is 22.7 Å². The molecule has 3 aromatic rings. The number of nitrogens with one attached hydrogen (secondary N) is 1. The van der Waals surface area contributed by atoms with Gasteiger partial charge in [0.25, 0.3) is 0 Å². The summed E-state index contributed by atoms with van der Waals surface area (Å²) in [6, 6.07) is 18.0. The average molecular weight is 413 g/mol. The number of carbonyl (C=O) groups is 1. The third kappa shape index (κ3) is 5.58. The highest BCUT2D eigenvalue weighted by Crippen LogP contribution is 2.30. The molecule has 7 nitrogen and oxygen atoms in total. The Balaban J connectivity index is 1.77. The molecule has 0 fully saturated rings. The van der Waals surface area contributed by atoms with Crippen LogP contribution in [0.5, 0.6) is 5.75 Å². The summed E-state index contributed by atoms with van der Waals surface area (Å²) in [6.45, 7) is 1.36. The van der Waals surface area contributed by atoms with Crippen LogP contribution < -0.4 is 10.1 Å². The molecule has 0 atom stereocenters. The van der Waals surface area contributed by atoms with Gasteiger partial charge in [-0.05, 0) is 11.6 Å². The molecule has 0 saturated carbocycles. The molecular formula is C21H24N4O3S. The Kier molecular flexibility index (Phi) is 7.66. The van der Waals surface area contributed by atoms with Gasteiger partial charge in [0.05, 0.1) is 12.4 Å². The zero-order valence-electron chi connectivity index (χ0n) is 16.5. The smallest absolute Gasteiger partial charge is 0.230 e. The molecular weight excluding hydrogens is 388 g/mol. The van der Waals surface area contributed by atoms with Crippen molar-refractivity contribution in [2.75, 3.05) is 26.5 Å². The number of ether oxygens (including phenoxy) is 2. The fraction of sp³-hybridized carbons (Fsp3) is 0.286. The fourth-order valence-electron chi connectivity index (χ4n) is 2.73. The van der Waals surface area contributed by atoms with Crippen molar-refractivity contribution >= 4 is 17.7 Å². The molecule has 1 aromatic heterocycles. The summed E-state index contributed by atoms with van der Waals surface area (Å²) in [6.07, 6.45) is 0. The molecule has 0 aliphatic carbocycles. The third-order valence-electron chi connectivity index (χ3n) is 4.25. The van der Waals surface area contributed by atoms with Crippen LogP contribution in [0, 0.1) is 0 Å².